The van der Waals surface area contributed by atoms with Gasteiger partial charge in [0.2, 0.25) is 0 Å². The molecule has 0 bridgehead atoms. The van der Waals surface area contributed by atoms with E-state index in [4.69, 9.17) is 0 Å². The highest BCUT2D eigenvalue weighted by Gasteiger charge is 2.34. The van der Waals surface area contributed by atoms with Crippen molar-refractivity contribution in [3.05, 3.63) is 0 Å². The third kappa shape index (κ3) is 9.12. The van der Waals surface area contributed by atoms with Gasteiger partial charge in [-0.1, -0.05) is 84.5 Å². The Morgan fingerprint density at radius 1 is 0.636 bits per heavy atom. The van der Waals surface area contributed by atoms with Crippen LogP contribution in [0.15, 0.2) is 0 Å². The van der Waals surface area contributed by atoms with Crippen molar-refractivity contribution < 1.29 is 15.3 Å². The highest BCUT2D eigenvalue weighted by Crippen LogP contribution is 2.30. The number of rotatable bonds is 16. The van der Waals surface area contributed by atoms with Gasteiger partial charge in [0.15, 0.2) is 0 Å². The predicted octanol–water partition coefficient (Wildman–Crippen LogP) is 4.29. The van der Waals surface area contributed by atoms with E-state index in [9.17, 15) is 15.3 Å². The summed E-state index contributed by atoms with van der Waals surface area (Å²) in [7, 11) is 0. The molecule has 1 atom stereocenters. The van der Waals surface area contributed by atoms with Crippen molar-refractivity contribution in [2.45, 2.75) is 90.9 Å². The molecule has 0 spiro atoms. The van der Waals surface area contributed by atoms with E-state index in [2.05, 4.69) is 6.92 Å². The van der Waals surface area contributed by atoms with Crippen LogP contribution in [-0.4, -0.2) is 35.1 Å². The van der Waals surface area contributed by atoms with Crippen molar-refractivity contribution in [1.82, 2.24) is 0 Å². The molecule has 0 rings (SSSR count). The van der Waals surface area contributed by atoms with Gasteiger partial charge in [-0.3, -0.25) is 0 Å². The highest BCUT2D eigenvalue weighted by molar-refractivity contribution is 4.82. The van der Waals surface area contributed by atoms with Crippen LogP contribution in [0.2, 0.25) is 0 Å². The standard InChI is InChI=1S/C19H40O3/c1-3-4-5-6-7-8-9-10-11-12-13-14-18(2)19(15-20,16-21)17-22/h18,20-22H,3-17H2,1-2H3. The van der Waals surface area contributed by atoms with Crippen molar-refractivity contribution in [3.63, 3.8) is 0 Å². The first-order valence-electron chi connectivity index (χ1n) is 9.49. The molecule has 0 radical (unpaired) electrons. The van der Waals surface area contributed by atoms with Gasteiger partial charge in [0.25, 0.3) is 0 Å². The zero-order chi connectivity index (χ0) is 16.7. The summed E-state index contributed by atoms with van der Waals surface area (Å²) in [4.78, 5) is 0. The number of hydrogen-bond acceptors (Lipinski definition) is 3. The fourth-order valence-corrected chi connectivity index (χ4v) is 3.04. The maximum atomic E-state index is 9.40. The average Bonchev–Trinajstić information content (AvgIpc) is 2.55. The van der Waals surface area contributed by atoms with E-state index < -0.39 is 5.41 Å². The van der Waals surface area contributed by atoms with E-state index in [1.807, 2.05) is 6.92 Å². The number of aliphatic hydroxyl groups excluding tert-OH is 3. The van der Waals surface area contributed by atoms with Gasteiger partial charge in [-0.15, -0.1) is 0 Å². The molecular weight excluding hydrogens is 276 g/mol. The Morgan fingerprint density at radius 2 is 1.00 bits per heavy atom. The van der Waals surface area contributed by atoms with Gasteiger partial charge in [0.05, 0.1) is 19.8 Å². The summed E-state index contributed by atoms with van der Waals surface area (Å²) in [6, 6.07) is 0. The Hall–Kier alpha value is -0.120. The Labute approximate surface area is 138 Å². The lowest BCUT2D eigenvalue weighted by molar-refractivity contribution is -0.0361. The largest absolute Gasteiger partial charge is 0.396 e. The van der Waals surface area contributed by atoms with E-state index in [1.165, 1.54) is 64.2 Å². The van der Waals surface area contributed by atoms with Crippen LogP contribution in [0.3, 0.4) is 0 Å². The zero-order valence-corrected chi connectivity index (χ0v) is 15.0. The van der Waals surface area contributed by atoms with Crippen LogP contribution < -0.4 is 0 Å². The number of unbranched alkanes of at least 4 members (excludes halogenated alkanes) is 10. The van der Waals surface area contributed by atoms with Gasteiger partial charge in [0.1, 0.15) is 0 Å². The maximum Gasteiger partial charge on any atom is 0.0534 e. The second-order valence-corrected chi connectivity index (χ2v) is 7.06. The van der Waals surface area contributed by atoms with Gasteiger partial charge in [-0.05, 0) is 12.3 Å². The molecule has 0 heterocycles. The molecule has 3 nitrogen and oxygen atoms in total. The fraction of sp³-hybridized carbons (Fsp3) is 1.00. The molecule has 0 saturated carbocycles. The molecule has 3 heteroatoms. The van der Waals surface area contributed by atoms with Crippen molar-refractivity contribution >= 4 is 0 Å². The van der Waals surface area contributed by atoms with Crippen molar-refractivity contribution in [2.24, 2.45) is 11.3 Å². The van der Waals surface area contributed by atoms with Crippen LogP contribution >= 0.6 is 0 Å². The van der Waals surface area contributed by atoms with E-state index in [1.54, 1.807) is 0 Å². The Morgan fingerprint density at radius 3 is 1.36 bits per heavy atom. The Balaban J connectivity index is 3.49. The second-order valence-electron chi connectivity index (χ2n) is 7.06. The summed E-state index contributed by atoms with van der Waals surface area (Å²) in [6.07, 6.45) is 15.6. The molecule has 0 aromatic rings. The molecule has 0 aliphatic carbocycles. The zero-order valence-electron chi connectivity index (χ0n) is 15.0. The molecule has 3 N–H and O–H groups in total. The summed E-state index contributed by atoms with van der Waals surface area (Å²) in [5.41, 5.74) is -0.710. The minimum Gasteiger partial charge on any atom is -0.396 e. The first-order valence-corrected chi connectivity index (χ1v) is 9.49. The van der Waals surface area contributed by atoms with Crippen LogP contribution in [0.5, 0.6) is 0 Å². The second kappa shape index (κ2) is 14.5. The molecule has 1 unspecified atom stereocenters. The average molecular weight is 317 g/mol. The first kappa shape index (κ1) is 21.9. The lowest BCUT2D eigenvalue weighted by Crippen LogP contribution is -2.40. The lowest BCUT2D eigenvalue weighted by Gasteiger charge is -2.34. The van der Waals surface area contributed by atoms with Gasteiger partial charge in [-0.25, -0.2) is 0 Å². The highest BCUT2D eigenvalue weighted by atomic mass is 16.3. The van der Waals surface area contributed by atoms with Gasteiger partial charge < -0.3 is 15.3 Å². The summed E-state index contributed by atoms with van der Waals surface area (Å²) >= 11 is 0. The van der Waals surface area contributed by atoms with Gasteiger partial charge >= 0.3 is 0 Å². The Kier molecular flexibility index (Phi) is 14.4. The monoisotopic (exact) mass is 316 g/mol. The molecule has 22 heavy (non-hydrogen) atoms. The summed E-state index contributed by atoms with van der Waals surface area (Å²) < 4.78 is 0. The summed E-state index contributed by atoms with van der Waals surface area (Å²) in [5, 5.41) is 28.2. The van der Waals surface area contributed by atoms with Crippen LogP contribution in [0.1, 0.15) is 90.9 Å². The van der Waals surface area contributed by atoms with E-state index >= 15 is 0 Å². The smallest absolute Gasteiger partial charge is 0.0534 e. The third-order valence-corrected chi connectivity index (χ3v) is 5.23. The van der Waals surface area contributed by atoms with Crippen molar-refractivity contribution in [1.29, 1.82) is 0 Å². The fourth-order valence-electron chi connectivity index (χ4n) is 3.04. The van der Waals surface area contributed by atoms with Gasteiger partial charge in [-0.2, -0.15) is 0 Å². The summed E-state index contributed by atoms with van der Waals surface area (Å²) in [6.45, 7) is 3.86. The molecule has 0 amide bonds. The normalized spacial score (nSPS) is 13.5. The van der Waals surface area contributed by atoms with E-state index in [0.29, 0.717) is 0 Å². The molecule has 0 aromatic heterocycles. The van der Waals surface area contributed by atoms with Crippen LogP contribution in [0.4, 0.5) is 0 Å². The van der Waals surface area contributed by atoms with Crippen LogP contribution in [0.25, 0.3) is 0 Å². The van der Waals surface area contributed by atoms with Crippen molar-refractivity contribution in [2.75, 3.05) is 19.8 Å². The quantitative estimate of drug-likeness (QED) is 0.372. The van der Waals surface area contributed by atoms with Gasteiger partial charge in [0, 0.05) is 5.41 Å². The SMILES string of the molecule is CCCCCCCCCCCCCC(C)C(CO)(CO)CO. The minimum atomic E-state index is -0.710. The van der Waals surface area contributed by atoms with Crippen LogP contribution in [0, 0.1) is 11.3 Å². The number of aliphatic hydroxyl groups is 3. The minimum absolute atomic E-state index is 0.140. The molecule has 134 valence electrons. The molecule has 0 fully saturated rings. The third-order valence-electron chi connectivity index (χ3n) is 5.23. The lowest BCUT2D eigenvalue weighted by atomic mass is 9.75. The molecule has 0 aliphatic rings. The first-order chi connectivity index (χ1) is 10.7. The maximum absolute atomic E-state index is 9.40. The van der Waals surface area contributed by atoms with Crippen molar-refractivity contribution in [3.8, 4) is 0 Å². The topological polar surface area (TPSA) is 60.7 Å². The molecular formula is C19H40O3. The summed E-state index contributed by atoms with van der Waals surface area (Å²) in [5.74, 6) is 0.158. The predicted molar refractivity (Wildman–Crippen MR) is 93.9 cm³/mol. The molecule has 0 aromatic carbocycles. The Bertz CT molecular complexity index is 218. The van der Waals surface area contributed by atoms with Crippen LogP contribution in [-0.2, 0) is 0 Å². The number of hydrogen-bond donors (Lipinski definition) is 3. The van der Waals surface area contributed by atoms with E-state index in [-0.39, 0.29) is 25.7 Å². The molecule has 0 saturated heterocycles. The molecule has 0 aliphatic heterocycles. The van der Waals surface area contributed by atoms with E-state index in [0.717, 1.165) is 12.8 Å².